The number of cyclic esters (lactones) is 1. The summed E-state index contributed by atoms with van der Waals surface area (Å²) in [5, 5.41) is 19.4. The van der Waals surface area contributed by atoms with E-state index in [1.54, 1.807) is 12.1 Å². The van der Waals surface area contributed by atoms with Crippen molar-refractivity contribution in [2.45, 2.75) is 12.5 Å². The number of carbonyl (C=O) groups is 1. The minimum Gasteiger partial charge on any atom is -0.447 e. The first-order chi connectivity index (χ1) is 13.6. The van der Waals surface area contributed by atoms with Crippen molar-refractivity contribution in [3.8, 4) is 11.3 Å². The topological polar surface area (TPSA) is 106 Å². The summed E-state index contributed by atoms with van der Waals surface area (Å²) in [6, 6.07) is 14.2. The lowest BCUT2D eigenvalue weighted by molar-refractivity contribution is -0.384. The van der Waals surface area contributed by atoms with Crippen molar-refractivity contribution in [1.29, 1.82) is 0 Å². The van der Waals surface area contributed by atoms with Crippen molar-refractivity contribution < 1.29 is 14.5 Å². The van der Waals surface area contributed by atoms with Crippen LogP contribution in [0, 0.1) is 10.1 Å². The van der Waals surface area contributed by atoms with Crippen LogP contribution in [0.2, 0.25) is 0 Å². The molecule has 2 N–H and O–H groups in total. The highest BCUT2D eigenvalue weighted by molar-refractivity contribution is 7.14. The van der Waals surface area contributed by atoms with Crippen LogP contribution in [0.25, 0.3) is 11.3 Å². The molecule has 1 fully saturated rings. The summed E-state index contributed by atoms with van der Waals surface area (Å²) in [7, 11) is 0. The summed E-state index contributed by atoms with van der Waals surface area (Å²) in [5.74, 6) is 0. The Balaban J connectivity index is 1.39. The second kappa shape index (κ2) is 7.65. The van der Waals surface area contributed by atoms with Crippen LogP contribution in [-0.4, -0.2) is 28.6 Å². The third-order valence-electron chi connectivity index (χ3n) is 4.30. The Labute approximate surface area is 164 Å². The van der Waals surface area contributed by atoms with Gasteiger partial charge in [-0.3, -0.25) is 10.1 Å². The summed E-state index contributed by atoms with van der Waals surface area (Å²) in [4.78, 5) is 25.9. The fourth-order valence-electron chi connectivity index (χ4n) is 2.89. The van der Waals surface area contributed by atoms with E-state index in [0.717, 1.165) is 27.6 Å². The van der Waals surface area contributed by atoms with Crippen molar-refractivity contribution in [1.82, 2.24) is 10.3 Å². The molecule has 0 saturated carbocycles. The van der Waals surface area contributed by atoms with Crippen molar-refractivity contribution in [3.63, 3.8) is 0 Å². The zero-order valence-corrected chi connectivity index (χ0v) is 15.4. The van der Waals surface area contributed by atoms with Crippen LogP contribution in [0.3, 0.4) is 0 Å². The van der Waals surface area contributed by atoms with E-state index in [0.29, 0.717) is 13.0 Å². The number of alkyl carbamates (subject to hydrolysis) is 1. The molecule has 1 aliphatic heterocycles. The van der Waals surface area contributed by atoms with Crippen molar-refractivity contribution in [2.75, 3.05) is 11.9 Å². The van der Waals surface area contributed by atoms with Gasteiger partial charge in [-0.2, -0.15) is 0 Å². The third-order valence-corrected chi connectivity index (χ3v) is 5.06. The van der Waals surface area contributed by atoms with Crippen LogP contribution in [0.5, 0.6) is 0 Å². The molecule has 0 radical (unpaired) electrons. The van der Waals surface area contributed by atoms with Crippen LogP contribution >= 0.6 is 11.3 Å². The molecule has 4 rings (SSSR count). The molecule has 3 aromatic rings. The van der Waals surface area contributed by atoms with Crippen molar-refractivity contribution in [2.24, 2.45) is 0 Å². The van der Waals surface area contributed by atoms with Gasteiger partial charge in [0.1, 0.15) is 6.61 Å². The molecular formula is C19H16N4O4S. The van der Waals surface area contributed by atoms with E-state index in [9.17, 15) is 14.9 Å². The number of nitrogens with one attached hydrogen (secondary N) is 2. The number of nitrogens with zero attached hydrogens (tertiary/aromatic N) is 2. The predicted molar refractivity (Wildman–Crippen MR) is 106 cm³/mol. The van der Waals surface area contributed by atoms with Gasteiger partial charge in [-0.1, -0.05) is 12.1 Å². The molecule has 2 aromatic carbocycles. The minimum atomic E-state index is -0.421. The molecule has 1 aromatic heterocycles. The number of aromatic nitrogens is 1. The summed E-state index contributed by atoms with van der Waals surface area (Å²) < 4.78 is 4.89. The number of ether oxygens (including phenoxy) is 1. The normalized spacial score (nSPS) is 15.7. The molecule has 0 spiro atoms. The van der Waals surface area contributed by atoms with Crippen LogP contribution in [-0.2, 0) is 11.2 Å². The first-order valence-electron chi connectivity index (χ1n) is 8.56. The van der Waals surface area contributed by atoms with Crippen LogP contribution in [0.15, 0.2) is 53.9 Å². The number of non-ortho nitro benzene ring substituents is 1. The summed E-state index contributed by atoms with van der Waals surface area (Å²) in [6.45, 7) is 0.392. The lowest BCUT2D eigenvalue weighted by Crippen LogP contribution is -2.28. The third kappa shape index (κ3) is 4.09. The number of benzene rings is 2. The average Bonchev–Trinajstić information content (AvgIpc) is 3.32. The smallest absolute Gasteiger partial charge is 0.407 e. The van der Waals surface area contributed by atoms with Crippen LogP contribution < -0.4 is 10.6 Å². The monoisotopic (exact) mass is 396 g/mol. The molecule has 1 atom stereocenters. The highest BCUT2D eigenvalue weighted by Gasteiger charge is 2.22. The van der Waals surface area contributed by atoms with Gasteiger partial charge >= 0.3 is 6.09 Å². The number of hydrogen-bond acceptors (Lipinski definition) is 7. The Morgan fingerprint density at radius 2 is 1.96 bits per heavy atom. The number of nitro groups is 1. The molecule has 0 bridgehead atoms. The van der Waals surface area contributed by atoms with Gasteiger partial charge in [0.15, 0.2) is 5.13 Å². The Bertz CT molecular complexity index is 1000. The highest BCUT2D eigenvalue weighted by atomic mass is 32.1. The minimum absolute atomic E-state index is 0.00882. The van der Waals surface area contributed by atoms with E-state index in [1.165, 1.54) is 23.5 Å². The van der Waals surface area contributed by atoms with E-state index in [4.69, 9.17) is 4.74 Å². The van der Waals surface area contributed by atoms with Gasteiger partial charge in [-0.15, -0.1) is 11.3 Å². The molecule has 9 heteroatoms. The van der Waals surface area contributed by atoms with E-state index in [-0.39, 0.29) is 17.8 Å². The molecule has 1 saturated heterocycles. The molecule has 28 heavy (non-hydrogen) atoms. The van der Waals surface area contributed by atoms with E-state index in [1.807, 2.05) is 29.6 Å². The molecule has 1 aliphatic rings. The number of hydrogen-bond donors (Lipinski definition) is 2. The zero-order chi connectivity index (χ0) is 19.5. The quantitative estimate of drug-likeness (QED) is 0.480. The number of thiazole rings is 1. The van der Waals surface area contributed by atoms with E-state index < -0.39 is 4.92 Å². The molecule has 142 valence electrons. The maximum Gasteiger partial charge on any atom is 0.407 e. The van der Waals surface area contributed by atoms with Gasteiger partial charge in [0.25, 0.3) is 5.69 Å². The van der Waals surface area contributed by atoms with Crippen molar-refractivity contribution in [3.05, 3.63) is 69.6 Å². The van der Waals surface area contributed by atoms with Gasteiger partial charge in [0, 0.05) is 28.8 Å². The van der Waals surface area contributed by atoms with Crippen LogP contribution in [0.4, 0.5) is 21.3 Å². The molecule has 1 unspecified atom stereocenters. The maximum absolute atomic E-state index is 11.1. The lowest BCUT2D eigenvalue weighted by Gasteiger charge is -2.08. The number of amides is 1. The lowest BCUT2D eigenvalue weighted by atomic mass is 10.1. The first kappa shape index (κ1) is 17.9. The average molecular weight is 396 g/mol. The number of anilines is 2. The number of nitro benzene ring substituents is 1. The van der Waals surface area contributed by atoms with E-state index >= 15 is 0 Å². The first-order valence-corrected chi connectivity index (χ1v) is 9.44. The Kier molecular flexibility index (Phi) is 4.90. The fraction of sp³-hybridized carbons (Fsp3) is 0.158. The molecule has 2 heterocycles. The van der Waals surface area contributed by atoms with Gasteiger partial charge in [0.2, 0.25) is 0 Å². The Hall–Kier alpha value is -3.46. The molecule has 8 nitrogen and oxygen atoms in total. The fourth-order valence-corrected chi connectivity index (χ4v) is 3.63. The zero-order valence-electron chi connectivity index (χ0n) is 14.6. The van der Waals surface area contributed by atoms with E-state index in [2.05, 4.69) is 15.6 Å². The van der Waals surface area contributed by atoms with Gasteiger partial charge in [-0.25, -0.2) is 9.78 Å². The standard InChI is InChI=1S/C19H16N4O4S/c24-19-21-15(10-27-19)9-12-1-5-14(6-2-12)20-18-22-17(11-28-18)13-3-7-16(8-4-13)23(25)26/h1-8,11,15H,9-10H2,(H,20,22)(H,21,24). The van der Waals surface area contributed by atoms with Gasteiger partial charge in [0.05, 0.1) is 16.7 Å². The number of carbonyl (C=O) groups excluding carboxylic acids is 1. The summed E-state index contributed by atoms with van der Waals surface area (Å²) in [5.41, 5.74) is 3.65. The molecule has 0 aliphatic carbocycles. The predicted octanol–water partition coefficient (Wildman–Crippen LogP) is 4.11. The maximum atomic E-state index is 11.1. The second-order valence-corrected chi connectivity index (χ2v) is 7.17. The Morgan fingerprint density at radius 3 is 2.61 bits per heavy atom. The molecule has 1 amide bonds. The highest BCUT2D eigenvalue weighted by Crippen LogP contribution is 2.28. The number of rotatable bonds is 6. The largest absolute Gasteiger partial charge is 0.447 e. The Morgan fingerprint density at radius 1 is 1.21 bits per heavy atom. The van der Waals surface area contributed by atoms with Crippen molar-refractivity contribution >= 4 is 33.9 Å². The molecular weight excluding hydrogens is 380 g/mol. The van der Waals surface area contributed by atoms with Crippen LogP contribution in [0.1, 0.15) is 5.56 Å². The van der Waals surface area contributed by atoms with Gasteiger partial charge < -0.3 is 15.4 Å². The SMILES string of the molecule is O=C1NC(Cc2ccc(Nc3nc(-c4ccc([N+](=O)[O-])cc4)cs3)cc2)CO1. The van der Waals surface area contributed by atoms with Gasteiger partial charge in [-0.05, 0) is 36.2 Å². The summed E-state index contributed by atoms with van der Waals surface area (Å²) in [6.07, 6.45) is 0.351. The summed E-state index contributed by atoms with van der Waals surface area (Å²) >= 11 is 1.46. The second-order valence-electron chi connectivity index (χ2n) is 6.31.